The standard InChI is InChI=1S/C10H15N3O6S.Na/c1-6(14)20-5-9(17)12-3-7(15)11-2-8(16)13-4-10(18)19;/h2-5H2,1H3,(H,11,15)(H,12,17)(H,13,16)(H,18,19);/q;+1/p-1. The fourth-order valence-electron chi connectivity index (χ4n) is 0.872. The molecule has 3 amide bonds. The van der Waals surface area contributed by atoms with Gasteiger partial charge in [0, 0.05) is 6.92 Å². The van der Waals surface area contributed by atoms with Crippen molar-refractivity contribution in [2.75, 3.05) is 25.4 Å². The number of carbonyl (C=O) groups excluding carboxylic acids is 5. The Kier molecular flexibility index (Phi) is 13.3. The van der Waals surface area contributed by atoms with Crippen molar-refractivity contribution in [2.45, 2.75) is 6.92 Å². The zero-order valence-electron chi connectivity index (χ0n) is 11.7. The van der Waals surface area contributed by atoms with Gasteiger partial charge in [0.25, 0.3) is 0 Å². The van der Waals surface area contributed by atoms with E-state index in [0.717, 1.165) is 11.8 Å². The van der Waals surface area contributed by atoms with Crippen LogP contribution in [0.5, 0.6) is 0 Å². The predicted octanol–water partition coefficient (Wildman–Crippen LogP) is -6.63. The first kappa shape index (κ1) is 22.2. The van der Waals surface area contributed by atoms with Gasteiger partial charge in [-0.05, 0) is 0 Å². The molecule has 0 heterocycles. The monoisotopic (exact) mass is 327 g/mol. The van der Waals surface area contributed by atoms with Gasteiger partial charge in [0.2, 0.25) is 17.7 Å². The van der Waals surface area contributed by atoms with Gasteiger partial charge in [-0.2, -0.15) is 0 Å². The summed E-state index contributed by atoms with van der Waals surface area (Å²) < 4.78 is 0. The summed E-state index contributed by atoms with van der Waals surface area (Å²) in [5, 5.41) is 16.2. The Morgan fingerprint density at radius 1 is 0.857 bits per heavy atom. The molecule has 0 bridgehead atoms. The second-order valence-electron chi connectivity index (χ2n) is 3.48. The molecule has 0 radical (unpaired) electrons. The van der Waals surface area contributed by atoms with Crippen molar-refractivity contribution in [3.8, 4) is 0 Å². The molecule has 9 nitrogen and oxygen atoms in total. The molecule has 0 saturated carbocycles. The summed E-state index contributed by atoms with van der Waals surface area (Å²) in [5.74, 6) is -3.33. The maximum absolute atomic E-state index is 11.2. The van der Waals surface area contributed by atoms with E-state index in [1.54, 1.807) is 0 Å². The van der Waals surface area contributed by atoms with Crippen molar-refractivity contribution in [1.82, 2.24) is 16.0 Å². The van der Waals surface area contributed by atoms with E-state index in [9.17, 15) is 29.1 Å². The molecule has 0 saturated heterocycles. The first-order valence-corrected chi connectivity index (χ1v) is 6.43. The fraction of sp³-hybridized carbons (Fsp3) is 0.500. The molecule has 0 atom stereocenters. The average Bonchev–Trinajstić information content (AvgIpc) is 2.37. The number of aliphatic carboxylic acids is 1. The van der Waals surface area contributed by atoms with Crippen LogP contribution in [0.15, 0.2) is 0 Å². The third-order valence-corrected chi connectivity index (χ3v) is 2.54. The van der Waals surface area contributed by atoms with Crippen molar-refractivity contribution in [3.63, 3.8) is 0 Å². The topological polar surface area (TPSA) is 144 Å². The summed E-state index contributed by atoms with van der Waals surface area (Å²) in [5.41, 5.74) is 0. The van der Waals surface area contributed by atoms with E-state index in [2.05, 4.69) is 10.6 Å². The van der Waals surface area contributed by atoms with Crippen molar-refractivity contribution in [3.05, 3.63) is 0 Å². The molecular weight excluding hydrogens is 313 g/mol. The number of nitrogens with one attached hydrogen (secondary N) is 3. The average molecular weight is 327 g/mol. The minimum absolute atomic E-state index is 0. The van der Waals surface area contributed by atoms with Crippen LogP contribution in [0.1, 0.15) is 6.92 Å². The van der Waals surface area contributed by atoms with E-state index >= 15 is 0 Å². The maximum Gasteiger partial charge on any atom is 1.00 e. The molecule has 0 unspecified atom stereocenters. The van der Waals surface area contributed by atoms with Gasteiger partial charge in [-0.25, -0.2) is 0 Å². The number of carboxylic acids is 1. The first-order chi connectivity index (χ1) is 9.31. The van der Waals surface area contributed by atoms with Crippen molar-refractivity contribution >= 4 is 40.6 Å². The Balaban J connectivity index is 0. The zero-order valence-corrected chi connectivity index (χ0v) is 14.5. The molecule has 21 heavy (non-hydrogen) atoms. The van der Waals surface area contributed by atoms with Gasteiger partial charge in [-0.1, -0.05) is 11.8 Å². The minimum Gasteiger partial charge on any atom is -0.548 e. The van der Waals surface area contributed by atoms with Crippen LogP contribution in [0.4, 0.5) is 0 Å². The van der Waals surface area contributed by atoms with Gasteiger partial charge in [0.15, 0.2) is 5.12 Å². The molecule has 3 N–H and O–H groups in total. The maximum atomic E-state index is 11.2. The molecule has 0 aromatic heterocycles. The van der Waals surface area contributed by atoms with Gasteiger partial charge >= 0.3 is 29.6 Å². The van der Waals surface area contributed by atoms with Gasteiger partial charge < -0.3 is 25.9 Å². The third-order valence-electron chi connectivity index (χ3n) is 1.73. The smallest absolute Gasteiger partial charge is 0.548 e. The minimum atomic E-state index is -1.44. The number of amides is 3. The van der Waals surface area contributed by atoms with E-state index in [1.807, 2.05) is 5.32 Å². The Labute approximate surface area is 147 Å². The van der Waals surface area contributed by atoms with Crippen LogP contribution >= 0.6 is 11.8 Å². The Morgan fingerprint density at radius 3 is 1.71 bits per heavy atom. The summed E-state index contributed by atoms with van der Waals surface area (Å²) in [4.78, 5) is 54.0. The quantitative estimate of drug-likeness (QED) is 0.376. The summed E-state index contributed by atoms with van der Waals surface area (Å²) in [6, 6.07) is 0. The van der Waals surface area contributed by atoms with Crippen LogP contribution in [0, 0.1) is 0 Å². The number of carboxylic acid groups (broad SMARTS) is 1. The first-order valence-electron chi connectivity index (χ1n) is 5.44. The van der Waals surface area contributed by atoms with Gasteiger partial charge in [0.1, 0.15) is 0 Å². The molecule has 0 aromatic carbocycles. The third kappa shape index (κ3) is 15.1. The fourth-order valence-corrected chi connectivity index (χ4v) is 1.31. The normalized spacial score (nSPS) is 9.00. The molecule has 11 heteroatoms. The van der Waals surface area contributed by atoms with E-state index in [0.29, 0.717) is 0 Å². The van der Waals surface area contributed by atoms with E-state index < -0.39 is 36.8 Å². The molecule has 0 spiro atoms. The SMILES string of the molecule is CC(=O)SCC(=O)NCC(=O)NCC(=O)NCC(=O)[O-].[Na+]. The molecule has 0 fully saturated rings. The molecule has 0 rings (SSSR count). The molecule has 112 valence electrons. The summed E-state index contributed by atoms with van der Waals surface area (Å²) in [6.07, 6.45) is 0. The summed E-state index contributed by atoms with van der Waals surface area (Å²) in [7, 11) is 0. The second kappa shape index (κ2) is 12.6. The zero-order chi connectivity index (χ0) is 15.5. The molecule has 0 aromatic rings. The number of rotatable bonds is 8. The second-order valence-corrected chi connectivity index (χ2v) is 4.63. The van der Waals surface area contributed by atoms with Crippen molar-refractivity contribution in [2.24, 2.45) is 0 Å². The molecule has 0 aliphatic rings. The van der Waals surface area contributed by atoms with Crippen LogP contribution in [-0.4, -0.2) is 54.2 Å². The van der Waals surface area contributed by atoms with Crippen LogP contribution in [0.2, 0.25) is 0 Å². The number of carbonyl (C=O) groups is 5. The van der Waals surface area contributed by atoms with Gasteiger partial charge in [0.05, 0.1) is 31.4 Å². The Bertz CT molecular complexity index is 382. The summed E-state index contributed by atoms with van der Waals surface area (Å²) >= 11 is 0.810. The van der Waals surface area contributed by atoms with Crippen LogP contribution in [0.3, 0.4) is 0 Å². The number of hydrogen-bond acceptors (Lipinski definition) is 7. The molecular formula is C10H14N3NaO6S. The van der Waals surface area contributed by atoms with E-state index in [-0.39, 0.29) is 47.0 Å². The summed E-state index contributed by atoms with van der Waals surface area (Å²) in [6.45, 7) is -0.0845. The van der Waals surface area contributed by atoms with Crippen molar-refractivity contribution in [1.29, 1.82) is 0 Å². The van der Waals surface area contributed by atoms with Crippen LogP contribution < -0.4 is 50.6 Å². The molecule has 0 aliphatic heterocycles. The van der Waals surface area contributed by atoms with E-state index in [1.165, 1.54) is 6.92 Å². The van der Waals surface area contributed by atoms with Crippen LogP contribution in [-0.2, 0) is 24.0 Å². The predicted molar refractivity (Wildman–Crippen MR) is 67.2 cm³/mol. The number of thioether (sulfide) groups is 1. The molecule has 0 aliphatic carbocycles. The van der Waals surface area contributed by atoms with Gasteiger partial charge in [-0.15, -0.1) is 0 Å². The Hall–Kier alpha value is -1.10. The van der Waals surface area contributed by atoms with Gasteiger partial charge in [-0.3, -0.25) is 19.2 Å². The largest absolute Gasteiger partial charge is 1.00 e. The number of hydrogen-bond donors (Lipinski definition) is 3. The van der Waals surface area contributed by atoms with Crippen molar-refractivity contribution < 1.29 is 58.6 Å². The Morgan fingerprint density at radius 2 is 1.29 bits per heavy atom. The van der Waals surface area contributed by atoms with Crippen LogP contribution in [0.25, 0.3) is 0 Å². The van der Waals surface area contributed by atoms with E-state index in [4.69, 9.17) is 0 Å².